The number of nitrogen functional groups attached to an aromatic ring is 1. The quantitative estimate of drug-likeness (QED) is 0.317. The third kappa shape index (κ3) is 1.76. The van der Waals surface area contributed by atoms with E-state index < -0.39 is 0 Å². The smallest absolute Gasteiger partial charge is 0.291 e. The van der Waals surface area contributed by atoms with Crippen LogP contribution in [0.1, 0.15) is 5.82 Å². The van der Waals surface area contributed by atoms with Crippen molar-refractivity contribution >= 4 is 29.8 Å². The van der Waals surface area contributed by atoms with Gasteiger partial charge in [0.15, 0.2) is 5.82 Å². The van der Waals surface area contributed by atoms with Crippen LogP contribution in [0.3, 0.4) is 0 Å². The lowest BCUT2D eigenvalue weighted by Crippen LogP contribution is -2.11. The summed E-state index contributed by atoms with van der Waals surface area (Å²) in [5.74, 6) is 7.19. The summed E-state index contributed by atoms with van der Waals surface area (Å²) in [4.78, 5) is 4.12. The molecule has 0 fully saturated rings. The number of fused-ring (bicyclic) bond motifs is 1. The third-order valence-electron chi connectivity index (χ3n) is 1.96. The lowest BCUT2D eigenvalue weighted by Gasteiger charge is -1.96. The first kappa shape index (κ1) is 10.2. The van der Waals surface area contributed by atoms with Crippen LogP contribution < -0.4 is 5.84 Å². The van der Waals surface area contributed by atoms with Gasteiger partial charge in [-0.2, -0.15) is 15.3 Å². The molecule has 0 atom stereocenters. The van der Waals surface area contributed by atoms with Crippen molar-refractivity contribution in [2.24, 2.45) is 0 Å². The Morgan fingerprint density at radius 1 is 1.47 bits per heavy atom. The van der Waals surface area contributed by atoms with Crippen LogP contribution in [0.25, 0.3) is 5.78 Å². The van der Waals surface area contributed by atoms with Gasteiger partial charge in [0.25, 0.3) is 5.78 Å². The van der Waals surface area contributed by atoms with Crippen molar-refractivity contribution in [1.82, 2.24) is 45.1 Å². The number of aromatic nitrogens is 9. The van der Waals surface area contributed by atoms with Crippen LogP contribution in [0.15, 0.2) is 5.16 Å². The van der Waals surface area contributed by atoms with Crippen molar-refractivity contribution in [3.63, 3.8) is 0 Å². The molecule has 0 aliphatic carbocycles. The maximum absolute atomic E-state index is 5.65. The van der Waals surface area contributed by atoms with E-state index in [4.69, 9.17) is 18.1 Å². The molecule has 88 valence electrons. The second kappa shape index (κ2) is 3.81. The standard InChI is InChI=1S/C5H6N10S2/c6-14-2(8-10-5(14)16)1-17-4-7-3-9-12-13-15(3)11-4/h1,6H2,(H,10,16)(H,7,9,11,13). The van der Waals surface area contributed by atoms with Crippen molar-refractivity contribution in [2.75, 3.05) is 5.84 Å². The molecule has 4 N–H and O–H groups in total. The minimum Gasteiger partial charge on any atom is -0.335 e. The second-order valence-electron chi connectivity index (χ2n) is 3.01. The number of hydrogen-bond donors (Lipinski definition) is 3. The summed E-state index contributed by atoms with van der Waals surface area (Å²) in [6.07, 6.45) is 0. The van der Waals surface area contributed by atoms with Crippen molar-refractivity contribution in [2.45, 2.75) is 10.9 Å². The minimum atomic E-state index is 0.372. The van der Waals surface area contributed by atoms with E-state index in [9.17, 15) is 0 Å². The van der Waals surface area contributed by atoms with E-state index in [0.717, 1.165) is 0 Å². The Bertz CT molecular complexity index is 673. The van der Waals surface area contributed by atoms with Gasteiger partial charge in [-0.25, -0.2) is 4.68 Å². The topological polar surface area (TPSA) is 131 Å². The van der Waals surface area contributed by atoms with Crippen molar-refractivity contribution < 1.29 is 0 Å². The number of nitrogens with one attached hydrogen (secondary N) is 2. The lowest BCUT2D eigenvalue weighted by molar-refractivity contribution is 0.715. The Hall–Kier alpha value is -1.95. The number of thioether (sulfide) groups is 1. The number of rotatable bonds is 3. The summed E-state index contributed by atoms with van der Waals surface area (Å²) in [6, 6.07) is 0. The maximum atomic E-state index is 5.65. The zero-order valence-electron chi connectivity index (χ0n) is 8.23. The first-order chi connectivity index (χ1) is 8.24. The van der Waals surface area contributed by atoms with Crippen LogP contribution in [0.5, 0.6) is 0 Å². The minimum absolute atomic E-state index is 0.372. The molecule has 0 unspecified atom stereocenters. The SMILES string of the molecule is Nn1c(CSc2nc3nn[nH]n3n2)n[nH]c1=S. The normalized spacial score (nSPS) is 11.3. The summed E-state index contributed by atoms with van der Waals surface area (Å²) in [6.45, 7) is 0. The van der Waals surface area contributed by atoms with Crippen molar-refractivity contribution in [1.29, 1.82) is 0 Å². The average Bonchev–Trinajstić information content (AvgIpc) is 2.94. The molecule has 0 saturated carbocycles. The molecule has 3 aromatic heterocycles. The van der Waals surface area contributed by atoms with E-state index in [0.29, 0.717) is 27.3 Å². The summed E-state index contributed by atoms with van der Waals surface area (Å²) in [5.41, 5.74) is 0. The number of nitrogens with two attached hydrogens (primary N) is 1. The fourth-order valence-electron chi connectivity index (χ4n) is 1.16. The Labute approximate surface area is 103 Å². The van der Waals surface area contributed by atoms with Gasteiger partial charge in [-0.1, -0.05) is 16.9 Å². The van der Waals surface area contributed by atoms with Gasteiger partial charge in [0, 0.05) is 0 Å². The van der Waals surface area contributed by atoms with Gasteiger partial charge < -0.3 is 5.84 Å². The average molecular weight is 270 g/mol. The van der Waals surface area contributed by atoms with Gasteiger partial charge in [-0.15, -0.1) is 9.73 Å². The number of H-pyrrole nitrogens is 2. The Morgan fingerprint density at radius 2 is 2.35 bits per heavy atom. The third-order valence-corrected chi connectivity index (χ3v) is 3.08. The molecule has 10 nitrogen and oxygen atoms in total. The molecule has 3 rings (SSSR count). The molecular weight excluding hydrogens is 264 g/mol. The summed E-state index contributed by atoms with van der Waals surface area (Å²) in [7, 11) is 0. The predicted molar refractivity (Wildman–Crippen MR) is 60.1 cm³/mol. The molecule has 17 heavy (non-hydrogen) atoms. The zero-order valence-corrected chi connectivity index (χ0v) is 9.86. The van der Waals surface area contributed by atoms with Crippen LogP contribution in [-0.2, 0) is 5.75 Å². The fourth-order valence-corrected chi connectivity index (χ4v) is 2.05. The molecule has 0 spiro atoms. The van der Waals surface area contributed by atoms with Gasteiger partial charge in [0.1, 0.15) is 0 Å². The largest absolute Gasteiger partial charge is 0.335 e. The van der Waals surface area contributed by atoms with E-state index in [-0.39, 0.29) is 0 Å². The number of hydrogen-bond acceptors (Lipinski definition) is 8. The summed E-state index contributed by atoms with van der Waals surface area (Å²) < 4.78 is 3.06. The molecule has 0 aliphatic heterocycles. The molecule has 3 heterocycles. The van der Waals surface area contributed by atoms with Crippen LogP contribution in [0, 0.1) is 4.77 Å². The molecule has 12 heteroatoms. The Kier molecular flexibility index (Phi) is 2.29. The highest BCUT2D eigenvalue weighted by Crippen LogP contribution is 2.17. The molecule has 0 saturated heterocycles. The highest BCUT2D eigenvalue weighted by molar-refractivity contribution is 7.98. The Morgan fingerprint density at radius 3 is 3.06 bits per heavy atom. The first-order valence-electron chi connectivity index (χ1n) is 4.42. The molecule has 0 radical (unpaired) electrons. The van der Waals surface area contributed by atoms with Crippen molar-refractivity contribution in [3.05, 3.63) is 10.6 Å². The highest BCUT2D eigenvalue weighted by Gasteiger charge is 2.09. The van der Waals surface area contributed by atoms with Crippen LogP contribution >= 0.6 is 24.0 Å². The van der Waals surface area contributed by atoms with Crippen molar-refractivity contribution in [3.8, 4) is 0 Å². The molecule has 0 bridgehead atoms. The van der Waals surface area contributed by atoms with E-state index in [2.05, 4.69) is 35.8 Å². The fraction of sp³-hybridized carbons (Fsp3) is 0.200. The molecule has 0 amide bonds. The molecule has 0 aliphatic rings. The van der Waals surface area contributed by atoms with Gasteiger partial charge in [0.2, 0.25) is 9.93 Å². The predicted octanol–water partition coefficient (Wildman–Crippen LogP) is -0.892. The van der Waals surface area contributed by atoms with Gasteiger partial charge >= 0.3 is 0 Å². The number of aromatic amines is 2. The number of nitrogens with zero attached hydrogens (tertiary/aromatic N) is 7. The van der Waals surface area contributed by atoms with E-state index in [1.165, 1.54) is 21.1 Å². The second-order valence-corrected chi connectivity index (χ2v) is 4.34. The van der Waals surface area contributed by atoms with Crippen LogP contribution in [-0.4, -0.2) is 45.1 Å². The Balaban J connectivity index is 1.78. The van der Waals surface area contributed by atoms with Gasteiger partial charge in [-0.05, 0) is 17.4 Å². The summed E-state index contributed by atoms with van der Waals surface area (Å²) >= 11 is 6.27. The lowest BCUT2D eigenvalue weighted by atomic mass is 10.7. The van der Waals surface area contributed by atoms with Crippen LogP contribution in [0.2, 0.25) is 0 Å². The summed E-state index contributed by atoms with van der Waals surface area (Å²) in [5, 5.41) is 21.0. The van der Waals surface area contributed by atoms with Crippen LogP contribution in [0.4, 0.5) is 0 Å². The monoisotopic (exact) mass is 270 g/mol. The van der Waals surface area contributed by atoms with Gasteiger partial charge in [0.05, 0.1) is 5.75 Å². The molecule has 3 aromatic rings. The van der Waals surface area contributed by atoms with E-state index in [1.54, 1.807) is 0 Å². The van der Waals surface area contributed by atoms with Gasteiger partial charge in [-0.3, -0.25) is 5.10 Å². The highest BCUT2D eigenvalue weighted by atomic mass is 32.2. The first-order valence-corrected chi connectivity index (χ1v) is 5.81. The molecular formula is C5H6N10S2. The molecule has 0 aromatic carbocycles. The number of tetrazole rings is 1. The van der Waals surface area contributed by atoms with E-state index >= 15 is 0 Å². The maximum Gasteiger partial charge on any atom is 0.291 e. The van der Waals surface area contributed by atoms with E-state index in [1.807, 2.05) is 0 Å². The zero-order chi connectivity index (χ0) is 11.8.